The quantitative estimate of drug-likeness (QED) is 0.680. The van der Waals surface area contributed by atoms with Crippen LogP contribution in [0.4, 0.5) is 4.79 Å². The normalized spacial score (nSPS) is 14.4. The Bertz CT molecular complexity index is 516. The molecule has 6 nitrogen and oxygen atoms in total. The molecule has 0 atom stereocenters. The maximum Gasteiger partial charge on any atom is 0.315 e. The molecular weight excluding hydrogens is 306 g/mol. The van der Waals surface area contributed by atoms with E-state index in [9.17, 15) is 4.79 Å². The number of carbonyl (C=O) groups is 1. The van der Waals surface area contributed by atoms with Gasteiger partial charge in [0, 0.05) is 13.1 Å². The minimum atomic E-state index is -0.133. The molecule has 0 aromatic heterocycles. The number of nitrogens with one attached hydrogen (secondary N) is 2. The molecule has 2 amide bonds. The molecular formula is C18H29N3O3. The minimum Gasteiger partial charge on any atom is -0.493 e. The van der Waals surface area contributed by atoms with Crippen LogP contribution < -0.4 is 20.1 Å². The summed E-state index contributed by atoms with van der Waals surface area (Å²) in [5.74, 6) is 1.35. The van der Waals surface area contributed by atoms with Crippen molar-refractivity contribution in [1.82, 2.24) is 15.5 Å². The van der Waals surface area contributed by atoms with Crippen LogP contribution in [0.15, 0.2) is 18.2 Å². The average molecular weight is 335 g/mol. The van der Waals surface area contributed by atoms with Gasteiger partial charge in [0.1, 0.15) is 0 Å². The summed E-state index contributed by atoms with van der Waals surface area (Å²) >= 11 is 0. The van der Waals surface area contributed by atoms with Crippen LogP contribution in [-0.4, -0.2) is 51.3 Å². The van der Waals surface area contributed by atoms with E-state index in [1.165, 1.54) is 25.9 Å². The summed E-state index contributed by atoms with van der Waals surface area (Å²) in [5, 5.41) is 5.77. The van der Waals surface area contributed by atoms with Gasteiger partial charge in [0.05, 0.1) is 14.2 Å². The van der Waals surface area contributed by atoms with Crippen LogP contribution in [0.3, 0.4) is 0 Å². The first-order chi connectivity index (χ1) is 11.7. The third-order valence-corrected chi connectivity index (χ3v) is 4.29. The number of hydrogen-bond donors (Lipinski definition) is 2. The number of amides is 2. The summed E-state index contributed by atoms with van der Waals surface area (Å²) in [6, 6.07) is 5.49. The number of rotatable bonds is 9. The van der Waals surface area contributed by atoms with Crippen LogP contribution in [-0.2, 0) is 6.54 Å². The molecule has 1 aromatic carbocycles. The van der Waals surface area contributed by atoms with E-state index in [0.717, 1.165) is 24.9 Å². The third kappa shape index (κ3) is 5.92. The number of unbranched alkanes of at least 4 members (excludes halogenated alkanes) is 1. The Hall–Kier alpha value is -1.95. The van der Waals surface area contributed by atoms with Gasteiger partial charge in [0.2, 0.25) is 0 Å². The molecule has 2 N–H and O–H groups in total. The number of likely N-dealkylation sites (tertiary alicyclic amines) is 1. The van der Waals surface area contributed by atoms with Gasteiger partial charge < -0.3 is 25.0 Å². The highest BCUT2D eigenvalue weighted by molar-refractivity contribution is 5.73. The van der Waals surface area contributed by atoms with Crippen molar-refractivity contribution in [1.29, 1.82) is 0 Å². The molecule has 1 saturated heterocycles. The van der Waals surface area contributed by atoms with E-state index in [2.05, 4.69) is 15.5 Å². The number of benzene rings is 1. The van der Waals surface area contributed by atoms with Crippen LogP contribution in [0.2, 0.25) is 0 Å². The SMILES string of the molecule is COc1ccc(CNC(=O)NCCCCN2CCCC2)cc1OC. The molecule has 24 heavy (non-hydrogen) atoms. The second-order valence-electron chi connectivity index (χ2n) is 6.05. The summed E-state index contributed by atoms with van der Waals surface area (Å²) in [4.78, 5) is 14.3. The van der Waals surface area contributed by atoms with Gasteiger partial charge in [-0.25, -0.2) is 4.79 Å². The van der Waals surface area contributed by atoms with Crippen molar-refractivity contribution >= 4 is 6.03 Å². The topological polar surface area (TPSA) is 62.8 Å². The molecule has 1 aromatic rings. The Morgan fingerprint density at radius 2 is 1.83 bits per heavy atom. The number of ether oxygens (including phenoxy) is 2. The summed E-state index contributed by atoms with van der Waals surface area (Å²) in [6.07, 6.45) is 4.81. The number of methoxy groups -OCH3 is 2. The lowest BCUT2D eigenvalue weighted by molar-refractivity contribution is 0.240. The van der Waals surface area contributed by atoms with Crippen molar-refractivity contribution < 1.29 is 14.3 Å². The zero-order chi connectivity index (χ0) is 17.2. The van der Waals surface area contributed by atoms with Gasteiger partial charge in [0.25, 0.3) is 0 Å². The Morgan fingerprint density at radius 3 is 2.54 bits per heavy atom. The van der Waals surface area contributed by atoms with E-state index in [0.29, 0.717) is 24.6 Å². The standard InChI is InChI=1S/C18H29N3O3/c1-23-16-8-7-15(13-17(16)24-2)14-20-18(22)19-9-3-4-10-21-11-5-6-12-21/h7-8,13H,3-6,9-12,14H2,1-2H3,(H2,19,20,22). The first-order valence-electron chi connectivity index (χ1n) is 8.68. The van der Waals surface area contributed by atoms with Gasteiger partial charge >= 0.3 is 6.03 Å². The maximum atomic E-state index is 11.8. The van der Waals surface area contributed by atoms with Crippen molar-refractivity contribution in [2.24, 2.45) is 0 Å². The molecule has 0 saturated carbocycles. The Morgan fingerprint density at radius 1 is 1.08 bits per heavy atom. The highest BCUT2D eigenvalue weighted by Gasteiger charge is 2.10. The van der Waals surface area contributed by atoms with Crippen LogP contribution in [0.1, 0.15) is 31.2 Å². The molecule has 0 radical (unpaired) electrons. The zero-order valence-electron chi connectivity index (χ0n) is 14.8. The average Bonchev–Trinajstić information content (AvgIpc) is 3.12. The molecule has 0 unspecified atom stereocenters. The zero-order valence-corrected chi connectivity index (χ0v) is 14.8. The van der Waals surface area contributed by atoms with Crippen LogP contribution in [0.25, 0.3) is 0 Å². The fourth-order valence-electron chi connectivity index (χ4n) is 2.90. The number of nitrogens with zero attached hydrogens (tertiary/aromatic N) is 1. The van der Waals surface area contributed by atoms with Crippen molar-refractivity contribution in [3.63, 3.8) is 0 Å². The molecule has 1 fully saturated rings. The number of urea groups is 1. The molecule has 2 rings (SSSR count). The van der Waals surface area contributed by atoms with Crippen LogP contribution >= 0.6 is 0 Å². The summed E-state index contributed by atoms with van der Waals surface area (Å²) in [5.41, 5.74) is 0.969. The molecule has 0 spiro atoms. The third-order valence-electron chi connectivity index (χ3n) is 4.29. The predicted molar refractivity (Wildman–Crippen MR) is 94.7 cm³/mol. The van der Waals surface area contributed by atoms with Gasteiger partial charge in [-0.15, -0.1) is 0 Å². The van der Waals surface area contributed by atoms with Gasteiger partial charge in [-0.1, -0.05) is 6.07 Å². The van der Waals surface area contributed by atoms with Crippen LogP contribution in [0, 0.1) is 0 Å². The highest BCUT2D eigenvalue weighted by atomic mass is 16.5. The second-order valence-corrected chi connectivity index (χ2v) is 6.05. The Labute approximate surface area is 144 Å². The molecule has 1 aliphatic heterocycles. The summed E-state index contributed by atoms with van der Waals surface area (Å²) in [7, 11) is 3.21. The van der Waals surface area contributed by atoms with Crippen molar-refractivity contribution in [3.8, 4) is 11.5 Å². The molecule has 0 bridgehead atoms. The van der Waals surface area contributed by atoms with Crippen molar-refractivity contribution in [3.05, 3.63) is 23.8 Å². The molecule has 1 heterocycles. The fourth-order valence-corrected chi connectivity index (χ4v) is 2.90. The summed E-state index contributed by atoms with van der Waals surface area (Å²) in [6.45, 7) is 4.79. The predicted octanol–water partition coefficient (Wildman–Crippen LogP) is 2.38. The first-order valence-corrected chi connectivity index (χ1v) is 8.68. The minimum absolute atomic E-state index is 0.133. The molecule has 134 valence electrons. The highest BCUT2D eigenvalue weighted by Crippen LogP contribution is 2.27. The first kappa shape index (κ1) is 18.4. The van der Waals surface area contributed by atoms with Gasteiger partial charge in [-0.05, 0) is 63.0 Å². The maximum absolute atomic E-state index is 11.8. The second kappa shape index (κ2) is 10.0. The van der Waals surface area contributed by atoms with Gasteiger partial charge in [0.15, 0.2) is 11.5 Å². The monoisotopic (exact) mass is 335 g/mol. The lowest BCUT2D eigenvalue weighted by atomic mass is 10.2. The van der Waals surface area contributed by atoms with Gasteiger partial charge in [-0.2, -0.15) is 0 Å². The van der Waals surface area contributed by atoms with Crippen molar-refractivity contribution in [2.75, 3.05) is 40.4 Å². The lowest BCUT2D eigenvalue weighted by Gasteiger charge is -2.14. The Kier molecular flexibility index (Phi) is 7.68. The lowest BCUT2D eigenvalue weighted by Crippen LogP contribution is -2.35. The van der Waals surface area contributed by atoms with Crippen molar-refractivity contribution in [2.45, 2.75) is 32.2 Å². The number of carbonyl (C=O) groups excluding carboxylic acids is 1. The van der Waals surface area contributed by atoms with E-state index in [1.54, 1.807) is 14.2 Å². The van der Waals surface area contributed by atoms with E-state index in [-0.39, 0.29) is 6.03 Å². The summed E-state index contributed by atoms with van der Waals surface area (Å²) < 4.78 is 10.5. The van der Waals surface area contributed by atoms with Crippen LogP contribution in [0.5, 0.6) is 11.5 Å². The van der Waals surface area contributed by atoms with Gasteiger partial charge in [-0.3, -0.25) is 0 Å². The smallest absolute Gasteiger partial charge is 0.315 e. The fraction of sp³-hybridized carbons (Fsp3) is 0.611. The molecule has 1 aliphatic rings. The number of hydrogen-bond acceptors (Lipinski definition) is 4. The van der Waals surface area contributed by atoms with E-state index >= 15 is 0 Å². The van der Waals surface area contributed by atoms with E-state index in [1.807, 2.05) is 18.2 Å². The largest absolute Gasteiger partial charge is 0.493 e. The molecule has 6 heteroatoms. The van der Waals surface area contributed by atoms with E-state index < -0.39 is 0 Å². The van der Waals surface area contributed by atoms with E-state index in [4.69, 9.17) is 9.47 Å². The molecule has 0 aliphatic carbocycles. The Balaban J connectivity index is 1.60.